The Morgan fingerprint density at radius 2 is 1.93 bits per heavy atom. The summed E-state index contributed by atoms with van der Waals surface area (Å²) in [6, 6.07) is 0.534. The number of hydrogen-bond donors (Lipinski definition) is 1. The van der Waals surface area contributed by atoms with Gasteiger partial charge in [-0.1, -0.05) is 6.58 Å². The van der Waals surface area contributed by atoms with E-state index < -0.39 is 5.60 Å². The summed E-state index contributed by atoms with van der Waals surface area (Å²) < 4.78 is 8.07. The van der Waals surface area contributed by atoms with E-state index in [1.54, 1.807) is 12.4 Å². The molecule has 0 atom stereocenters. The maximum absolute atomic E-state index is 5.98. The number of nitrogens with zero attached hydrogens (tertiary/aromatic N) is 7. The highest BCUT2D eigenvalue weighted by Gasteiger charge is 2.45. The van der Waals surface area contributed by atoms with Crippen LogP contribution in [0.2, 0.25) is 0 Å². The molecule has 1 saturated carbocycles. The summed E-state index contributed by atoms with van der Waals surface area (Å²) in [6.45, 7) is 9.59. The molecule has 29 heavy (non-hydrogen) atoms. The summed E-state index contributed by atoms with van der Waals surface area (Å²) in [6.07, 6.45) is 5.78. The quantitative estimate of drug-likeness (QED) is 0.710. The molecule has 2 saturated heterocycles. The minimum atomic E-state index is -0.578. The van der Waals surface area contributed by atoms with Crippen LogP contribution >= 0.6 is 0 Å². The molecule has 4 aliphatic rings. The summed E-state index contributed by atoms with van der Waals surface area (Å²) in [7, 11) is 0. The van der Waals surface area contributed by atoms with E-state index in [4.69, 9.17) is 25.4 Å². The third kappa shape index (κ3) is 2.36. The molecular weight excluding hydrogens is 368 g/mol. The zero-order valence-corrected chi connectivity index (χ0v) is 16.5. The van der Waals surface area contributed by atoms with E-state index in [2.05, 4.69) is 26.0 Å². The lowest BCUT2D eigenvalue weighted by atomic mass is 9.86. The van der Waals surface area contributed by atoms with Crippen molar-refractivity contribution in [2.24, 2.45) is 5.92 Å². The number of fused-ring (bicyclic) bond motifs is 4. The predicted octanol–water partition coefficient (Wildman–Crippen LogP) is 2.24. The van der Waals surface area contributed by atoms with E-state index in [1.807, 2.05) is 13.8 Å². The number of anilines is 2. The Bertz CT molecular complexity index is 1160. The van der Waals surface area contributed by atoms with Crippen LogP contribution in [0.3, 0.4) is 0 Å². The van der Waals surface area contributed by atoms with Gasteiger partial charge >= 0.3 is 0 Å². The molecule has 2 bridgehead atoms. The Morgan fingerprint density at radius 3 is 2.62 bits per heavy atom. The summed E-state index contributed by atoms with van der Waals surface area (Å²) >= 11 is 0. The van der Waals surface area contributed by atoms with Gasteiger partial charge in [0, 0.05) is 25.0 Å². The largest absolute Gasteiger partial charge is 0.483 e. The van der Waals surface area contributed by atoms with Gasteiger partial charge in [0.15, 0.2) is 34.2 Å². The molecule has 9 nitrogen and oxygen atoms in total. The average Bonchev–Trinajstić information content (AvgIpc) is 3.33. The number of nitrogen functional groups attached to an aromatic ring is 1. The van der Waals surface area contributed by atoms with Gasteiger partial charge in [0.05, 0.1) is 12.1 Å². The van der Waals surface area contributed by atoms with Crippen molar-refractivity contribution in [3.05, 3.63) is 30.6 Å². The van der Waals surface area contributed by atoms with Gasteiger partial charge < -0.3 is 19.9 Å². The number of hydrogen-bond acceptors (Lipinski definition) is 8. The van der Waals surface area contributed by atoms with Gasteiger partial charge in [0.1, 0.15) is 5.76 Å². The van der Waals surface area contributed by atoms with Crippen molar-refractivity contribution in [2.45, 2.75) is 44.9 Å². The Kier molecular flexibility index (Phi) is 3.13. The van der Waals surface area contributed by atoms with Crippen molar-refractivity contribution in [3.8, 4) is 11.4 Å². The van der Waals surface area contributed by atoms with Crippen LogP contribution in [0, 0.1) is 5.92 Å². The van der Waals surface area contributed by atoms with Crippen molar-refractivity contribution in [3.63, 3.8) is 0 Å². The Morgan fingerprint density at radius 1 is 1.17 bits per heavy atom. The third-order valence-corrected chi connectivity index (χ3v) is 6.16. The molecule has 6 heterocycles. The van der Waals surface area contributed by atoms with Gasteiger partial charge in [0.2, 0.25) is 5.95 Å². The average molecular weight is 390 g/mol. The first-order chi connectivity index (χ1) is 13.9. The summed E-state index contributed by atoms with van der Waals surface area (Å²) in [5, 5.41) is 0. The lowest BCUT2D eigenvalue weighted by Gasteiger charge is -2.32. The van der Waals surface area contributed by atoms with Crippen molar-refractivity contribution in [2.75, 3.05) is 17.2 Å². The number of imidazole rings is 1. The fourth-order valence-corrected chi connectivity index (χ4v) is 4.78. The van der Waals surface area contributed by atoms with Crippen molar-refractivity contribution in [1.82, 2.24) is 29.5 Å². The minimum Gasteiger partial charge on any atom is -0.483 e. The summed E-state index contributed by atoms with van der Waals surface area (Å²) in [4.78, 5) is 25.4. The van der Waals surface area contributed by atoms with E-state index in [0.29, 0.717) is 24.2 Å². The van der Waals surface area contributed by atoms with Crippen LogP contribution in [0.4, 0.5) is 11.8 Å². The molecule has 3 aromatic rings. The van der Waals surface area contributed by atoms with Crippen molar-refractivity contribution < 1.29 is 4.74 Å². The first-order valence-corrected chi connectivity index (χ1v) is 9.89. The monoisotopic (exact) mass is 390 g/mol. The number of allylic oxidation sites excluding steroid dienone is 1. The molecule has 0 aromatic carbocycles. The van der Waals surface area contributed by atoms with Gasteiger partial charge in [-0.05, 0) is 32.6 Å². The number of rotatable bonds is 2. The Labute approximate surface area is 167 Å². The standard InChI is InChI=1S/C20H22N8O/c1-10-8-28-17-14(24-18(28)20(2,3)29-10)16(27-9-11-4-13(27)5-11)25-15(26-17)12-6-22-19(21)23-7-12/h6-7,11,13H,1,4-5,8-9H2,2-3H3,(H2,21,22,23). The number of nitrogens with two attached hydrogens (primary N) is 1. The second-order valence-corrected chi connectivity index (χ2v) is 8.69. The SMILES string of the molecule is C=C1Cn2c(nc3c(N4CC5CC4C5)nc(-c4cnc(N)nc4)nc32)C(C)(C)O1. The maximum atomic E-state index is 5.98. The first kappa shape index (κ1) is 16.7. The predicted molar refractivity (Wildman–Crippen MR) is 108 cm³/mol. The Hall–Kier alpha value is -3.23. The smallest absolute Gasteiger partial charge is 0.219 e. The molecule has 1 aliphatic carbocycles. The fraction of sp³-hybridized carbons (Fsp3) is 0.450. The van der Waals surface area contributed by atoms with E-state index >= 15 is 0 Å². The van der Waals surface area contributed by atoms with E-state index in [1.165, 1.54) is 12.8 Å². The van der Waals surface area contributed by atoms with Crippen molar-refractivity contribution in [1.29, 1.82) is 0 Å². The zero-order valence-electron chi connectivity index (χ0n) is 16.5. The molecule has 7 rings (SSSR count). The minimum absolute atomic E-state index is 0.229. The highest BCUT2D eigenvalue weighted by atomic mass is 16.5. The number of aromatic nitrogens is 6. The van der Waals surface area contributed by atoms with Gasteiger partial charge in [-0.3, -0.25) is 0 Å². The number of ether oxygens (including phenoxy) is 1. The molecule has 3 aromatic heterocycles. The first-order valence-electron chi connectivity index (χ1n) is 9.89. The highest BCUT2D eigenvalue weighted by molar-refractivity contribution is 5.87. The fourth-order valence-electron chi connectivity index (χ4n) is 4.78. The van der Waals surface area contributed by atoms with Crippen LogP contribution in [0.5, 0.6) is 0 Å². The normalized spacial score (nSPS) is 24.3. The van der Waals surface area contributed by atoms with E-state index in [-0.39, 0.29) is 5.95 Å². The van der Waals surface area contributed by atoms with Crippen LogP contribution in [0.15, 0.2) is 24.7 Å². The maximum Gasteiger partial charge on any atom is 0.219 e. The molecule has 3 fully saturated rings. The van der Waals surface area contributed by atoms with Gasteiger partial charge in [-0.25, -0.2) is 24.9 Å². The summed E-state index contributed by atoms with van der Waals surface area (Å²) in [5.74, 6) is 3.98. The lowest BCUT2D eigenvalue weighted by Crippen LogP contribution is -2.32. The Balaban J connectivity index is 1.62. The molecule has 0 amide bonds. The molecule has 0 unspecified atom stereocenters. The lowest BCUT2D eigenvalue weighted by molar-refractivity contribution is -0.00220. The van der Waals surface area contributed by atoms with Gasteiger partial charge in [0.25, 0.3) is 0 Å². The molecule has 3 aliphatic heterocycles. The van der Waals surface area contributed by atoms with Crippen LogP contribution in [-0.4, -0.2) is 42.1 Å². The highest BCUT2D eigenvalue weighted by Crippen LogP contribution is 2.45. The van der Waals surface area contributed by atoms with Gasteiger partial charge in [-0.2, -0.15) is 0 Å². The van der Waals surface area contributed by atoms with Crippen molar-refractivity contribution >= 4 is 22.9 Å². The van der Waals surface area contributed by atoms with Crippen LogP contribution in [0.25, 0.3) is 22.6 Å². The van der Waals surface area contributed by atoms with E-state index in [0.717, 1.165) is 40.8 Å². The molecule has 0 spiro atoms. The molecule has 2 N–H and O–H groups in total. The third-order valence-electron chi connectivity index (χ3n) is 6.16. The zero-order chi connectivity index (χ0) is 19.9. The topological polar surface area (TPSA) is 108 Å². The second-order valence-electron chi connectivity index (χ2n) is 8.69. The second kappa shape index (κ2) is 5.43. The molecule has 148 valence electrons. The van der Waals surface area contributed by atoms with Crippen LogP contribution < -0.4 is 10.6 Å². The summed E-state index contributed by atoms with van der Waals surface area (Å²) in [5.41, 5.74) is 7.42. The molecule has 9 heteroatoms. The molecular formula is C20H22N8O. The van der Waals surface area contributed by atoms with Crippen LogP contribution in [-0.2, 0) is 16.9 Å². The van der Waals surface area contributed by atoms with Gasteiger partial charge in [-0.15, -0.1) is 0 Å². The molecule has 0 radical (unpaired) electrons. The van der Waals surface area contributed by atoms with E-state index in [9.17, 15) is 0 Å². The van der Waals surface area contributed by atoms with Crippen LogP contribution in [0.1, 0.15) is 32.5 Å².